The minimum absolute atomic E-state index is 0.175. The highest BCUT2D eigenvalue weighted by Gasteiger charge is 2.12. The van der Waals surface area contributed by atoms with E-state index >= 15 is 0 Å². The van der Waals surface area contributed by atoms with Gasteiger partial charge in [-0.25, -0.2) is 9.78 Å². The highest BCUT2D eigenvalue weighted by Crippen LogP contribution is 1.97. The molecule has 1 N–H and O–H groups in total. The molecule has 1 heterocycles. The Labute approximate surface area is 116 Å². The van der Waals surface area contributed by atoms with Crippen LogP contribution in [0.3, 0.4) is 0 Å². The summed E-state index contributed by atoms with van der Waals surface area (Å²) in [5, 5.41) is 9.48. The molecule has 0 bridgehead atoms. The maximum atomic E-state index is 11.4. The second kappa shape index (κ2) is 8.11. The zero-order valence-electron chi connectivity index (χ0n) is 11.3. The number of aromatic nitrogens is 2. The van der Waals surface area contributed by atoms with Crippen molar-refractivity contribution in [1.29, 1.82) is 0 Å². The highest BCUT2D eigenvalue weighted by molar-refractivity contribution is 5.86. The average molecular weight is 282 g/mol. The van der Waals surface area contributed by atoms with E-state index in [0.29, 0.717) is 6.54 Å². The Bertz CT molecular complexity index is 455. The van der Waals surface area contributed by atoms with Crippen LogP contribution in [0.15, 0.2) is 30.9 Å². The van der Waals surface area contributed by atoms with Gasteiger partial charge in [-0.05, 0) is 6.92 Å². The molecular formula is C13H18N2O5. The molecule has 0 aliphatic rings. The topological polar surface area (TPSA) is 90.7 Å². The van der Waals surface area contributed by atoms with Gasteiger partial charge in [-0.1, -0.05) is 6.58 Å². The van der Waals surface area contributed by atoms with Gasteiger partial charge in [0.2, 0.25) is 0 Å². The number of aliphatic hydroxyl groups is 1. The number of carbonyl (C=O) groups excluding carboxylic acids is 2. The van der Waals surface area contributed by atoms with Crippen molar-refractivity contribution in [3.63, 3.8) is 0 Å². The van der Waals surface area contributed by atoms with Crippen LogP contribution >= 0.6 is 0 Å². The maximum absolute atomic E-state index is 11.4. The van der Waals surface area contributed by atoms with Crippen LogP contribution in [-0.4, -0.2) is 45.9 Å². The lowest BCUT2D eigenvalue weighted by Crippen LogP contribution is -2.25. The van der Waals surface area contributed by atoms with Crippen molar-refractivity contribution in [2.75, 3.05) is 13.2 Å². The number of aryl methyl sites for hydroxylation is 1. The van der Waals surface area contributed by atoms with E-state index < -0.39 is 18.0 Å². The number of carbonyl (C=O) groups is 2. The number of ether oxygens (including phenoxy) is 2. The summed E-state index contributed by atoms with van der Waals surface area (Å²) < 4.78 is 11.3. The molecule has 7 heteroatoms. The summed E-state index contributed by atoms with van der Waals surface area (Å²) in [6, 6.07) is 0. The molecule has 0 fully saturated rings. The molecule has 0 aliphatic carbocycles. The fourth-order valence-electron chi connectivity index (χ4n) is 1.24. The Morgan fingerprint density at radius 3 is 2.70 bits per heavy atom. The van der Waals surface area contributed by atoms with Crippen LogP contribution in [0.1, 0.15) is 13.3 Å². The maximum Gasteiger partial charge on any atom is 0.333 e. The van der Waals surface area contributed by atoms with Crippen LogP contribution in [0.2, 0.25) is 0 Å². The summed E-state index contributed by atoms with van der Waals surface area (Å²) >= 11 is 0. The first-order valence-electron chi connectivity index (χ1n) is 6.11. The number of imidazole rings is 1. The summed E-state index contributed by atoms with van der Waals surface area (Å²) in [6.07, 6.45) is 4.08. The number of rotatable bonds is 8. The molecule has 1 atom stereocenters. The lowest BCUT2D eigenvalue weighted by Gasteiger charge is -2.12. The number of esters is 2. The Kier molecular flexibility index (Phi) is 6.45. The summed E-state index contributed by atoms with van der Waals surface area (Å²) in [6.45, 7) is 4.92. The third kappa shape index (κ3) is 6.14. The predicted molar refractivity (Wildman–Crippen MR) is 69.6 cm³/mol. The first-order valence-corrected chi connectivity index (χ1v) is 6.11. The van der Waals surface area contributed by atoms with Crippen molar-refractivity contribution >= 4 is 11.9 Å². The third-order valence-corrected chi connectivity index (χ3v) is 2.33. The molecule has 0 saturated carbocycles. The summed E-state index contributed by atoms with van der Waals surface area (Å²) in [5.74, 6) is -1.03. The van der Waals surface area contributed by atoms with E-state index in [4.69, 9.17) is 9.47 Å². The van der Waals surface area contributed by atoms with Crippen molar-refractivity contribution < 1.29 is 24.2 Å². The largest absolute Gasteiger partial charge is 0.463 e. The lowest BCUT2D eigenvalue weighted by atomic mass is 10.3. The van der Waals surface area contributed by atoms with E-state index in [1.807, 2.05) is 0 Å². The predicted octanol–water partition coefficient (Wildman–Crippen LogP) is 0.297. The molecule has 1 aromatic rings. The standard InChI is InChI=1S/C13H18N2O5/c1-10(2)13(18)20-8-11(16)7-19-12(17)3-5-15-6-4-14-9-15/h4,6,9,11,16H,1,3,5,7-8H2,2H3. The summed E-state index contributed by atoms with van der Waals surface area (Å²) in [7, 11) is 0. The Balaban J connectivity index is 2.13. The van der Waals surface area contributed by atoms with E-state index in [1.165, 1.54) is 6.92 Å². The van der Waals surface area contributed by atoms with Crippen molar-refractivity contribution in [1.82, 2.24) is 9.55 Å². The molecule has 110 valence electrons. The minimum atomic E-state index is -1.05. The van der Waals surface area contributed by atoms with Crippen molar-refractivity contribution in [3.05, 3.63) is 30.9 Å². The van der Waals surface area contributed by atoms with Crippen LogP contribution in [0.25, 0.3) is 0 Å². The van der Waals surface area contributed by atoms with Gasteiger partial charge in [0.25, 0.3) is 0 Å². The molecule has 1 rings (SSSR count). The quantitative estimate of drug-likeness (QED) is 0.544. The number of aliphatic hydroxyl groups excluding tert-OH is 1. The zero-order valence-corrected chi connectivity index (χ0v) is 11.3. The van der Waals surface area contributed by atoms with Crippen LogP contribution in [0, 0.1) is 0 Å². The number of nitrogens with zero attached hydrogens (tertiary/aromatic N) is 2. The molecule has 1 unspecified atom stereocenters. The van der Waals surface area contributed by atoms with E-state index in [0.717, 1.165) is 0 Å². The molecule has 20 heavy (non-hydrogen) atoms. The molecule has 0 aromatic carbocycles. The van der Waals surface area contributed by atoms with E-state index in [2.05, 4.69) is 11.6 Å². The fourth-order valence-corrected chi connectivity index (χ4v) is 1.24. The Morgan fingerprint density at radius 2 is 2.10 bits per heavy atom. The second-order valence-corrected chi connectivity index (χ2v) is 4.27. The van der Waals surface area contributed by atoms with Gasteiger partial charge in [-0.2, -0.15) is 0 Å². The molecule has 0 spiro atoms. The molecule has 0 amide bonds. The summed E-state index contributed by atoms with van der Waals surface area (Å²) in [4.78, 5) is 26.3. The van der Waals surface area contributed by atoms with Crippen molar-refractivity contribution in [2.45, 2.75) is 26.0 Å². The van der Waals surface area contributed by atoms with E-state index in [1.54, 1.807) is 23.3 Å². The van der Waals surface area contributed by atoms with Crippen LogP contribution < -0.4 is 0 Å². The second-order valence-electron chi connectivity index (χ2n) is 4.27. The zero-order chi connectivity index (χ0) is 15.0. The Hall–Kier alpha value is -2.15. The van der Waals surface area contributed by atoms with Crippen LogP contribution in [0.5, 0.6) is 0 Å². The van der Waals surface area contributed by atoms with Gasteiger partial charge in [-0.15, -0.1) is 0 Å². The van der Waals surface area contributed by atoms with Crippen LogP contribution in [-0.2, 0) is 25.6 Å². The van der Waals surface area contributed by atoms with E-state index in [-0.39, 0.29) is 25.2 Å². The SMILES string of the molecule is C=C(C)C(=O)OCC(O)COC(=O)CCn1ccnc1. The average Bonchev–Trinajstić information content (AvgIpc) is 2.93. The third-order valence-electron chi connectivity index (χ3n) is 2.33. The van der Waals surface area contributed by atoms with Crippen LogP contribution in [0.4, 0.5) is 0 Å². The number of hydrogen-bond acceptors (Lipinski definition) is 6. The molecule has 1 aromatic heterocycles. The van der Waals surface area contributed by atoms with E-state index in [9.17, 15) is 14.7 Å². The highest BCUT2D eigenvalue weighted by atomic mass is 16.6. The Morgan fingerprint density at radius 1 is 1.40 bits per heavy atom. The van der Waals surface area contributed by atoms with Crippen molar-refractivity contribution in [2.24, 2.45) is 0 Å². The smallest absolute Gasteiger partial charge is 0.333 e. The van der Waals surface area contributed by atoms with Gasteiger partial charge in [-0.3, -0.25) is 4.79 Å². The monoisotopic (exact) mass is 282 g/mol. The van der Waals surface area contributed by atoms with Gasteiger partial charge in [0.1, 0.15) is 19.3 Å². The number of hydrogen-bond donors (Lipinski definition) is 1. The molecule has 0 saturated heterocycles. The fraction of sp³-hybridized carbons (Fsp3) is 0.462. The molecule has 0 aliphatic heterocycles. The van der Waals surface area contributed by atoms with Crippen molar-refractivity contribution in [3.8, 4) is 0 Å². The normalized spacial score (nSPS) is 11.7. The minimum Gasteiger partial charge on any atom is -0.463 e. The lowest BCUT2D eigenvalue weighted by molar-refractivity contribution is -0.150. The summed E-state index contributed by atoms with van der Waals surface area (Å²) in [5.41, 5.74) is 0.245. The van der Waals surface area contributed by atoms with Gasteiger partial charge in [0.05, 0.1) is 12.7 Å². The van der Waals surface area contributed by atoms with Gasteiger partial charge >= 0.3 is 11.9 Å². The van der Waals surface area contributed by atoms with Gasteiger partial charge in [0, 0.05) is 24.5 Å². The first kappa shape index (κ1) is 15.9. The van der Waals surface area contributed by atoms with Gasteiger partial charge < -0.3 is 19.1 Å². The molecule has 7 nitrogen and oxygen atoms in total. The first-order chi connectivity index (χ1) is 9.49. The molecular weight excluding hydrogens is 264 g/mol. The van der Waals surface area contributed by atoms with Gasteiger partial charge in [0.15, 0.2) is 0 Å². The molecule has 0 radical (unpaired) electrons.